The third-order valence-electron chi connectivity index (χ3n) is 6.01. The Balaban J connectivity index is 1.85. The van der Waals surface area contributed by atoms with E-state index in [1.54, 1.807) is 24.3 Å². The molecule has 9 nitrogen and oxygen atoms in total. The zero-order valence-electron chi connectivity index (χ0n) is 20.1. The summed E-state index contributed by atoms with van der Waals surface area (Å²) in [7, 11) is -2.63. The first-order valence-corrected chi connectivity index (χ1v) is 12.9. The first-order chi connectivity index (χ1) is 16.6. The molecule has 0 saturated carbocycles. The summed E-state index contributed by atoms with van der Waals surface area (Å²) in [6.45, 7) is 5.84. The Morgan fingerprint density at radius 3 is 2.54 bits per heavy atom. The third-order valence-corrected chi connectivity index (χ3v) is 7.41. The van der Waals surface area contributed by atoms with Gasteiger partial charge in [0.25, 0.3) is 10.0 Å². The number of amides is 1. The molecule has 3 aromatic rings. The average Bonchev–Trinajstić information content (AvgIpc) is 3.10. The summed E-state index contributed by atoms with van der Waals surface area (Å²) in [5.74, 6) is -0.157. The fraction of sp³-hybridized carbons (Fsp3) is 0.320. The molecule has 35 heavy (non-hydrogen) atoms. The van der Waals surface area contributed by atoms with Crippen molar-refractivity contribution in [3.05, 3.63) is 53.2 Å². The van der Waals surface area contributed by atoms with Gasteiger partial charge in [-0.05, 0) is 61.2 Å². The number of nitrogens with zero attached hydrogens (tertiary/aromatic N) is 2. The molecule has 2 heterocycles. The van der Waals surface area contributed by atoms with E-state index < -0.39 is 10.0 Å². The molecule has 0 saturated heterocycles. The van der Waals surface area contributed by atoms with Gasteiger partial charge in [-0.3, -0.25) is 14.3 Å². The first kappa shape index (κ1) is 24.5. The minimum absolute atomic E-state index is 0.0493. The summed E-state index contributed by atoms with van der Waals surface area (Å²) < 4.78 is 36.1. The van der Waals surface area contributed by atoms with Crippen LogP contribution in [0, 0.1) is 13.8 Å². The summed E-state index contributed by atoms with van der Waals surface area (Å²) in [6.07, 6.45) is 1.41. The largest absolute Gasteiger partial charge is 0.495 e. The molecule has 0 radical (unpaired) electrons. The Hall–Kier alpha value is -3.66. The van der Waals surface area contributed by atoms with Crippen LogP contribution in [-0.4, -0.2) is 37.1 Å². The van der Waals surface area contributed by atoms with Crippen LogP contribution < -0.4 is 14.8 Å². The van der Waals surface area contributed by atoms with E-state index in [1.807, 2.05) is 26.8 Å². The molecule has 4 rings (SSSR count). The maximum absolute atomic E-state index is 13.4. The van der Waals surface area contributed by atoms with E-state index in [9.17, 15) is 18.0 Å². The molecule has 0 spiro atoms. The van der Waals surface area contributed by atoms with Crippen LogP contribution in [0.2, 0.25) is 0 Å². The van der Waals surface area contributed by atoms with Crippen molar-refractivity contribution in [3.8, 4) is 16.9 Å². The molecule has 2 aromatic carbocycles. The van der Waals surface area contributed by atoms with Gasteiger partial charge in [-0.15, -0.1) is 0 Å². The summed E-state index contributed by atoms with van der Waals surface area (Å²) in [4.78, 5) is 24.8. The quantitative estimate of drug-likeness (QED) is 0.503. The summed E-state index contributed by atoms with van der Waals surface area (Å²) in [6, 6.07) is 10.1. The van der Waals surface area contributed by atoms with Crippen molar-refractivity contribution in [2.45, 2.75) is 51.3 Å². The Kier molecular flexibility index (Phi) is 6.66. The highest BCUT2D eigenvalue weighted by atomic mass is 32.2. The number of nitrogens with one attached hydrogen (secondary N) is 2. The van der Waals surface area contributed by atoms with E-state index in [-0.39, 0.29) is 41.1 Å². The van der Waals surface area contributed by atoms with Crippen molar-refractivity contribution in [2.75, 3.05) is 17.1 Å². The average molecular weight is 497 g/mol. The molecule has 0 bridgehead atoms. The number of carbonyl (C=O) groups excluding carboxylic acids is 2. The molecule has 0 aliphatic carbocycles. The zero-order chi connectivity index (χ0) is 25.3. The molecule has 2 N–H and O–H groups in total. The van der Waals surface area contributed by atoms with E-state index in [0.29, 0.717) is 28.9 Å². The molecule has 1 aliphatic rings. The second kappa shape index (κ2) is 9.53. The molecule has 1 amide bonds. The van der Waals surface area contributed by atoms with Crippen LogP contribution >= 0.6 is 0 Å². The minimum Gasteiger partial charge on any atom is -0.495 e. The van der Waals surface area contributed by atoms with Crippen LogP contribution in [0.5, 0.6) is 5.75 Å². The second-order valence-electron chi connectivity index (χ2n) is 8.54. The number of hydrogen-bond donors (Lipinski definition) is 2. The molecular weight excluding hydrogens is 468 g/mol. The van der Waals surface area contributed by atoms with Gasteiger partial charge in [-0.25, -0.2) is 8.42 Å². The van der Waals surface area contributed by atoms with Crippen molar-refractivity contribution >= 4 is 33.3 Å². The molecular formula is C25H28N4O5S. The highest BCUT2D eigenvalue weighted by molar-refractivity contribution is 7.92. The smallest absolute Gasteiger partial charge is 0.265 e. The van der Waals surface area contributed by atoms with Crippen molar-refractivity contribution in [1.82, 2.24) is 9.78 Å². The van der Waals surface area contributed by atoms with E-state index in [1.165, 1.54) is 17.9 Å². The number of anilines is 2. The fourth-order valence-corrected chi connectivity index (χ4v) is 5.30. The Bertz CT molecular complexity index is 1430. The number of ether oxygens (including phenoxy) is 1. The third kappa shape index (κ3) is 4.79. The lowest BCUT2D eigenvalue weighted by Gasteiger charge is -2.15. The van der Waals surface area contributed by atoms with Gasteiger partial charge < -0.3 is 10.1 Å². The Morgan fingerprint density at radius 2 is 1.86 bits per heavy atom. The summed E-state index contributed by atoms with van der Waals surface area (Å²) in [5, 5.41) is 7.25. The molecule has 0 unspecified atom stereocenters. The SMILES string of the molecule is CCCc1nn2c(c1-c1ccc(OC)c(S(=O)(=O)Nc3ccc(C)c(C)c3)c1)NC(=O)CCC2=O. The lowest BCUT2D eigenvalue weighted by molar-refractivity contribution is -0.116. The maximum Gasteiger partial charge on any atom is 0.265 e. The first-order valence-electron chi connectivity index (χ1n) is 11.4. The van der Waals surface area contributed by atoms with Crippen molar-refractivity contribution in [2.24, 2.45) is 0 Å². The number of sulfonamides is 1. The van der Waals surface area contributed by atoms with Crippen molar-refractivity contribution in [1.29, 1.82) is 0 Å². The molecule has 0 fully saturated rings. The lowest BCUT2D eigenvalue weighted by atomic mass is 10.0. The van der Waals surface area contributed by atoms with Gasteiger partial charge >= 0.3 is 0 Å². The van der Waals surface area contributed by atoms with E-state index in [0.717, 1.165) is 17.5 Å². The number of methoxy groups -OCH3 is 1. The van der Waals surface area contributed by atoms with Gasteiger partial charge in [-0.2, -0.15) is 9.78 Å². The van der Waals surface area contributed by atoms with Crippen LogP contribution in [0.1, 0.15) is 47.8 Å². The normalized spacial score (nSPS) is 13.7. The number of aryl methyl sites for hydroxylation is 3. The lowest BCUT2D eigenvalue weighted by Crippen LogP contribution is -2.15. The summed E-state index contributed by atoms with van der Waals surface area (Å²) in [5.41, 5.74) is 4.08. The standard InChI is InChI=1S/C25H28N4O5S/c1-5-6-19-24(25-26-22(30)11-12-23(31)29(25)27-19)17-8-10-20(34-4)21(14-17)35(32,33)28-18-9-7-15(2)16(3)13-18/h7-10,13-14,28H,5-6,11-12H2,1-4H3,(H,26,30). The van der Waals surface area contributed by atoms with Gasteiger partial charge in [0.15, 0.2) is 0 Å². The van der Waals surface area contributed by atoms with Crippen LogP contribution in [0.4, 0.5) is 11.5 Å². The van der Waals surface area contributed by atoms with Crippen molar-refractivity contribution < 1.29 is 22.7 Å². The summed E-state index contributed by atoms with van der Waals surface area (Å²) >= 11 is 0. The number of hydrogen-bond acceptors (Lipinski definition) is 6. The highest BCUT2D eigenvalue weighted by Crippen LogP contribution is 2.38. The van der Waals surface area contributed by atoms with Gasteiger partial charge in [0.1, 0.15) is 16.5 Å². The molecule has 184 valence electrons. The Morgan fingerprint density at radius 1 is 1.09 bits per heavy atom. The minimum atomic E-state index is -4.03. The van der Waals surface area contributed by atoms with Gasteiger partial charge in [0, 0.05) is 24.1 Å². The monoisotopic (exact) mass is 496 g/mol. The van der Waals surface area contributed by atoms with E-state index >= 15 is 0 Å². The Labute approximate surface area is 204 Å². The number of fused-ring (bicyclic) bond motifs is 1. The van der Waals surface area contributed by atoms with Crippen molar-refractivity contribution in [3.63, 3.8) is 0 Å². The molecule has 1 aromatic heterocycles. The van der Waals surface area contributed by atoms with Crippen LogP contribution in [-0.2, 0) is 21.2 Å². The highest BCUT2D eigenvalue weighted by Gasteiger charge is 2.29. The topological polar surface area (TPSA) is 119 Å². The maximum atomic E-state index is 13.4. The van der Waals surface area contributed by atoms with Gasteiger partial charge in [0.2, 0.25) is 11.8 Å². The van der Waals surface area contributed by atoms with E-state index in [2.05, 4.69) is 15.1 Å². The number of carbonyl (C=O) groups is 2. The number of rotatable bonds is 7. The number of benzene rings is 2. The predicted molar refractivity (Wildman–Crippen MR) is 133 cm³/mol. The molecule has 1 aliphatic heterocycles. The van der Waals surface area contributed by atoms with E-state index in [4.69, 9.17) is 4.74 Å². The number of aromatic nitrogens is 2. The zero-order valence-corrected chi connectivity index (χ0v) is 21.0. The van der Waals surface area contributed by atoms with Gasteiger partial charge in [-0.1, -0.05) is 25.5 Å². The fourth-order valence-electron chi connectivity index (χ4n) is 4.05. The van der Waals surface area contributed by atoms with Crippen LogP contribution in [0.15, 0.2) is 41.3 Å². The predicted octanol–water partition coefficient (Wildman–Crippen LogP) is 4.30. The van der Waals surface area contributed by atoms with Crippen LogP contribution in [0.3, 0.4) is 0 Å². The second-order valence-corrected chi connectivity index (χ2v) is 10.2. The molecule has 0 atom stereocenters. The molecule has 10 heteroatoms. The van der Waals surface area contributed by atoms with Crippen LogP contribution in [0.25, 0.3) is 11.1 Å². The van der Waals surface area contributed by atoms with Gasteiger partial charge in [0.05, 0.1) is 12.8 Å².